The van der Waals surface area contributed by atoms with Gasteiger partial charge in [0.25, 0.3) is 0 Å². The summed E-state index contributed by atoms with van der Waals surface area (Å²) in [4.78, 5) is 0.184. The van der Waals surface area contributed by atoms with Gasteiger partial charge in [-0.25, -0.2) is 13.1 Å². The van der Waals surface area contributed by atoms with Crippen molar-refractivity contribution in [1.82, 2.24) is 19.8 Å². The minimum Gasteiger partial charge on any atom is -0.380 e. The van der Waals surface area contributed by atoms with Gasteiger partial charge in [-0.15, -0.1) is 0 Å². The molecule has 8 heteroatoms. The van der Waals surface area contributed by atoms with Crippen molar-refractivity contribution in [1.29, 1.82) is 0 Å². The molecule has 7 nitrogen and oxygen atoms in total. The third-order valence-corrected chi connectivity index (χ3v) is 4.25. The lowest BCUT2D eigenvalue weighted by atomic mass is 10.4. The van der Waals surface area contributed by atoms with Gasteiger partial charge in [0.2, 0.25) is 10.0 Å². The van der Waals surface area contributed by atoms with Gasteiger partial charge >= 0.3 is 0 Å². The topological polar surface area (TPSA) is 85.2 Å². The number of methoxy groups -OCH3 is 1. The Labute approximate surface area is 120 Å². The summed E-state index contributed by atoms with van der Waals surface area (Å²) in [5.41, 5.74) is 0. The molecule has 20 heavy (non-hydrogen) atoms. The van der Waals surface area contributed by atoms with Gasteiger partial charge in [-0.05, 0) is 26.4 Å². The van der Waals surface area contributed by atoms with E-state index in [1.165, 1.54) is 6.20 Å². The maximum atomic E-state index is 12.0. The van der Waals surface area contributed by atoms with Crippen LogP contribution in [0.15, 0.2) is 17.3 Å². The number of aromatic nitrogens is 2. The lowest BCUT2D eigenvalue weighted by Gasteiger charge is -2.10. The molecule has 0 spiro atoms. The second-order valence-electron chi connectivity index (χ2n) is 4.54. The monoisotopic (exact) mass is 304 g/mol. The fourth-order valence-corrected chi connectivity index (χ4v) is 2.61. The van der Waals surface area contributed by atoms with Crippen molar-refractivity contribution < 1.29 is 13.2 Å². The zero-order chi connectivity index (χ0) is 15.0. The van der Waals surface area contributed by atoms with Gasteiger partial charge in [0.05, 0.1) is 12.3 Å². The van der Waals surface area contributed by atoms with E-state index in [-0.39, 0.29) is 17.5 Å². The van der Waals surface area contributed by atoms with Crippen molar-refractivity contribution in [3.63, 3.8) is 0 Å². The average Bonchev–Trinajstić information content (AvgIpc) is 2.90. The largest absolute Gasteiger partial charge is 0.380 e. The average molecular weight is 304 g/mol. The van der Waals surface area contributed by atoms with Crippen LogP contribution in [0.1, 0.15) is 20.3 Å². The van der Waals surface area contributed by atoms with E-state index in [0.717, 1.165) is 19.5 Å². The van der Waals surface area contributed by atoms with Gasteiger partial charge in [0, 0.05) is 26.4 Å². The maximum Gasteiger partial charge on any atom is 0.243 e. The molecule has 2 N–H and O–H groups in total. The first kappa shape index (κ1) is 17.1. The summed E-state index contributed by atoms with van der Waals surface area (Å²) >= 11 is 0. The number of aryl methyl sites for hydroxylation is 1. The first-order valence-corrected chi connectivity index (χ1v) is 8.23. The van der Waals surface area contributed by atoms with E-state index in [0.29, 0.717) is 6.54 Å². The highest BCUT2D eigenvalue weighted by Crippen LogP contribution is 2.07. The lowest BCUT2D eigenvalue weighted by molar-refractivity contribution is 0.122. The number of nitrogens with one attached hydrogen (secondary N) is 2. The molecule has 0 aliphatic carbocycles. The molecule has 0 amide bonds. The van der Waals surface area contributed by atoms with Crippen molar-refractivity contribution in [2.75, 3.05) is 26.7 Å². The van der Waals surface area contributed by atoms with Crippen LogP contribution in [0, 0.1) is 0 Å². The molecule has 116 valence electrons. The number of hydrogen-bond acceptors (Lipinski definition) is 5. The van der Waals surface area contributed by atoms with Crippen LogP contribution < -0.4 is 10.0 Å². The van der Waals surface area contributed by atoms with Crippen molar-refractivity contribution in [3.05, 3.63) is 12.4 Å². The van der Waals surface area contributed by atoms with E-state index >= 15 is 0 Å². The van der Waals surface area contributed by atoms with E-state index in [9.17, 15) is 8.42 Å². The highest BCUT2D eigenvalue weighted by Gasteiger charge is 2.17. The van der Waals surface area contributed by atoms with Crippen molar-refractivity contribution in [3.8, 4) is 0 Å². The molecule has 0 aromatic carbocycles. The number of rotatable bonds is 10. The Bertz CT molecular complexity index is 487. The third-order valence-electron chi connectivity index (χ3n) is 2.87. The summed E-state index contributed by atoms with van der Waals surface area (Å²) in [5.74, 6) is 0. The summed E-state index contributed by atoms with van der Waals surface area (Å²) in [7, 11) is -1.97. The molecule has 0 saturated heterocycles. The summed E-state index contributed by atoms with van der Waals surface area (Å²) in [6.45, 7) is 6.60. The van der Waals surface area contributed by atoms with Crippen LogP contribution in [0.4, 0.5) is 0 Å². The second-order valence-corrected chi connectivity index (χ2v) is 6.31. The number of ether oxygens (including phenoxy) is 1. The highest BCUT2D eigenvalue weighted by atomic mass is 32.2. The normalized spacial score (nSPS) is 13.6. The minimum absolute atomic E-state index is 0.167. The van der Waals surface area contributed by atoms with Crippen LogP contribution in [0.5, 0.6) is 0 Å². The summed E-state index contributed by atoms with van der Waals surface area (Å²) in [6.07, 6.45) is 3.65. The Morgan fingerprint density at radius 2 is 2.25 bits per heavy atom. The van der Waals surface area contributed by atoms with Crippen LogP contribution in [0.25, 0.3) is 0 Å². The van der Waals surface area contributed by atoms with Gasteiger partial charge in [-0.1, -0.05) is 6.92 Å². The van der Waals surface area contributed by atoms with Crippen LogP contribution in [-0.4, -0.2) is 51.0 Å². The summed E-state index contributed by atoms with van der Waals surface area (Å²) in [5, 5.41) is 7.27. The number of nitrogens with zero attached hydrogens (tertiary/aromatic N) is 2. The van der Waals surface area contributed by atoms with E-state index in [1.807, 2.05) is 6.92 Å². The van der Waals surface area contributed by atoms with Gasteiger partial charge in [0.1, 0.15) is 4.90 Å². The van der Waals surface area contributed by atoms with Crippen LogP contribution in [0.2, 0.25) is 0 Å². The first-order valence-electron chi connectivity index (χ1n) is 6.75. The lowest BCUT2D eigenvalue weighted by Crippen LogP contribution is -2.31. The second kappa shape index (κ2) is 8.35. The maximum absolute atomic E-state index is 12.0. The van der Waals surface area contributed by atoms with Crippen molar-refractivity contribution in [2.24, 2.45) is 0 Å². The molecule has 0 aliphatic heterocycles. The molecule has 1 rings (SSSR count). The van der Waals surface area contributed by atoms with Crippen LogP contribution in [-0.2, 0) is 21.3 Å². The predicted octanol–water partition coefficient (Wildman–Crippen LogP) is 0.196. The Hall–Kier alpha value is -0.960. The fourth-order valence-electron chi connectivity index (χ4n) is 1.54. The Morgan fingerprint density at radius 1 is 1.50 bits per heavy atom. The zero-order valence-electron chi connectivity index (χ0n) is 12.3. The van der Waals surface area contributed by atoms with E-state index in [2.05, 4.69) is 15.1 Å². The van der Waals surface area contributed by atoms with Crippen molar-refractivity contribution in [2.45, 2.75) is 37.8 Å². The Balaban J connectivity index is 2.52. The van der Waals surface area contributed by atoms with Gasteiger partial charge in [-0.2, -0.15) is 5.10 Å². The molecule has 0 radical (unpaired) electrons. The molecule has 0 fully saturated rings. The molecule has 1 heterocycles. The van der Waals surface area contributed by atoms with E-state index < -0.39 is 10.0 Å². The molecule has 1 unspecified atom stereocenters. The molecule has 1 aromatic rings. The Kier molecular flexibility index (Phi) is 7.14. The minimum atomic E-state index is -3.51. The summed E-state index contributed by atoms with van der Waals surface area (Å²) in [6, 6.07) is 0. The number of sulfonamides is 1. The van der Waals surface area contributed by atoms with Gasteiger partial charge < -0.3 is 10.1 Å². The number of hydrogen-bond donors (Lipinski definition) is 2. The van der Waals surface area contributed by atoms with E-state index in [4.69, 9.17) is 4.74 Å². The standard InChI is InChI=1S/C12H24N4O3S/c1-4-13-6-5-7-16-10-12(9-14-16)20(17,18)15-8-11(2)19-3/h9-11,13,15H,4-8H2,1-3H3. The van der Waals surface area contributed by atoms with Crippen molar-refractivity contribution >= 4 is 10.0 Å². The van der Waals surface area contributed by atoms with Gasteiger partial charge in [0.15, 0.2) is 0 Å². The predicted molar refractivity (Wildman–Crippen MR) is 77.0 cm³/mol. The van der Waals surface area contributed by atoms with Gasteiger partial charge in [-0.3, -0.25) is 4.68 Å². The molecule has 0 saturated carbocycles. The molecule has 1 aromatic heterocycles. The molecular formula is C12H24N4O3S. The first-order chi connectivity index (χ1) is 9.49. The molecule has 0 bridgehead atoms. The van der Waals surface area contributed by atoms with E-state index in [1.54, 1.807) is 24.9 Å². The molecular weight excluding hydrogens is 280 g/mol. The Morgan fingerprint density at radius 3 is 2.90 bits per heavy atom. The third kappa shape index (κ3) is 5.58. The quantitative estimate of drug-likeness (QED) is 0.603. The SMILES string of the molecule is CCNCCCn1cc(S(=O)(=O)NCC(C)OC)cn1. The molecule has 0 aliphatic rings. The smallest absolute Gasteiger partial charge is 0.243 e. The van der Waals surface area contributed by atoms with Crippen LogP contribution >= 0.6 is 0 Å². The molecule has 1 atom stereocenters. The zero-order valence-corrected chi connectivity index (χ0v) is 13.1. The van der Waals surface area contributed by atoms with Crippen LogP contribution in [0.3, 0.4) is 0 Å². The highest BCUT2D eigenvalue weighted by molar-refractivity contribution is 7.89. The fraction of sp³-hybridized carbons (Fsp3) is 0.750. The summed E-state index contributed by atoms with van der Waals surface area (Å²) < 4.78 is 33.2.